The second-order valence-corrected chi connectivity index (χ2v) is 9.65. The molecule has 0 unspecified atom stereocenters. The topological polar surface area (TPSA) is 170 Å². The van der Waals surface area contributed by atoms with E-state index in [2.05, 4.69) is 32.9 Å². The largest absolute Gasteiger partial charge is 0.462 e. The monoisotopic (exact) mass is 490 g/mol. The van der Waals surface area contributed by atoms with Gasteiger partial charge in [-0.15, -0.1) is 12.3 Å². The number of terminal acetylenes is 1. The Morgan fingerprint density at radius 2 is 1.84 bits per heavy atom. The molecule has 2 amide bonds. The summed E-state index contributed by atoms with van der Waals surface area (Å²) < 4.78 is 15.6. The van der Waals surface area contributed by atoms with Crippen LogP contribution in [0.5, 0.6) is 5.75 Å². The maximum Gasteiger partial charge on any atom is 0.321 e. The standard InChI is InChI=1S/C19H27N2O9PS/c1-2-3-4-5-10-20-19(25)21-12-6-8-13(9-7-12)29-18-17(24)16(23)15(22)14(30-18)11-28-31(26,27)32/h1,6-9,14-18,22-24H,3-5,10-11H2,(H2,20,21,25)(H2,26,27,32)/t14-,15-,16+,17+,18+/m1/s1. The van der Waals surface area contributed by atoms with Crippen molar-refractivity contribution < 1.29 is 43.9 Å². The number of hydrogen-bond acceptors (Lipinski definition) is 8. The highest BCUT2D eigenvalue weighted by atomic mass is 32.5. The molecule has 0 bridgehead atoms. The molecule has 1 aliphatic heterocycles. The normalized spacial score (nSPS) is 25.6. The summed E-state index contributed by atoms with van der Waals surface area (Å²) in [6.07, 6.45) is 0.0114. The van der Waals surface area contributed by atoms with E-state index < -0.39 is 44.0 Å². The minimum atomic E-state index is -4.00. The molecule has 2 rings (SSSR count). The Labute approximate surface area is 190 Å². The van der Waals surface area contributed by atoms with Gasteiger partial charge in [0, 0.05) is 18.7 Å². The van der Waals surface area contributed by atoms with E-state index in [1.54, 1.807) is 12.1 Å². The number of benzene rings is 1. The van der Waals surface area contributed by atoms with Gasteiger partial charge in [-0.25, -0.2) is 4.79 Å². The number of ether oxygens (including phenoxy) is 2. The zero-order chi connectivity index (χ0) is 23.7. The number of carbonyl (C=O) groups excluding carboxylic acids is 1. The highest BCUT2D eigenvalue weighted by Gasteiger charge is 2.45. The number of aliphatic hydroxyl groups is 3. The van der Waals surface area contributed by atoms with Crippen LogP contribution in [-0.2, 0) is 21.1 Å². The van der Waals surface area contributed by atoms with Gasteiger partial charge in [-0.1, -0.05) is 0 Å². The predicted molar refractivity (Wildman–Crippen MR) is 118 cm³/mol. The van der Waals surface area contributed by atoms with Crippen LogP contribution in [0.15, 0.2) is 24.3 Å². The highest BCUT2D eigenvalue weighted by Crippen LogP contribution is 2.37. The molecule has 0 aromatic heterocycles. The Balaban J connectivity index is 1.89. The van der Waals surface area contributed by atoms with Gasteiger partial charge in [0.2, 0.25) is 6.29 Å². The molecule has 1 heterocycles. The molecular weight excluding hydrogens is 463 g/mol. The van der Waals surface area contributed by atoms with Crippen LogP contribution in [0.3, 0.4) is 0 Å². The van der Waals surface area contributed by atoms with Crippen molar-refractivity contribution in [1.29, 1.82) is 0 Å². The van der Waals surface area contributed by atoms with Crippen molar-refractivity contribution in [2.24, 2.45) is 0 Å². The van der Waals surface area contributed by atoms with Crippen molar-refractivity contribution in [2.75, 3.05) is 18.5 Å². The van der Waals surface area contributed by atoms with Gasteiger partial charge >= 0.3 is 12.7 Å². The van der Waals surface area contributed by atoms with Gasteiger partial charge in [0.15, 0.2) is 0 Å². The maximum absolute atomic E-state index is 11.9. The van der Waals surface area contributed by atoms with Gasteiger partial charge < -0.3 is 49.7 Å². The minimum Gasteiger partial charge on any atom is -0.462 e. The maximum atomic E-state index is 11.9. The average molecular weight is 490 g/mol. The lowest BCUT2D eigenvalue weighted by atomic mass is 9.99. The van der Waals surface area contributed by atoms with Gasteiger partial charge in [-0.2, -0.15) is 0 Å². The smallest absolute Gasteiger partial charge is 0.321 e. The lowest BCUT2D eigenvalue weighted by Gasteiger charge is -2.40. The average Bonchev–Trinajstić information content (AvgIpc) is 2.74. The number of amides is 2. The number of urea groups is 1. The molecule has 32 heavy (non-hydrogen) atoms. The van der Waals surface area contributed by atoms with Crippen LogP contribution in [0.4, 0.5) is 10.5 Å². The quantitative estimate of drug-likeness (QED) is 0.135. The first-order valence-corrected chi connectivity index (χ1v) is 12.4. The third-order valence-electron chi connectivity index (χ3n) is 4.47. The summed E-state index contributed by atoms with van der Waals surface area (Å²) in [6.45, 7) is -4.04. The minimum absolute atomic E-state index is 0.243. The van der Waals surface area contributed by atoms with E-state index in [9.17, 15) is 20.1 Å². The first kappa shape index (κ1) is 26.5. The molecule has 0 saturated carbocycles. The highest BCUT2D eigenvalue weighted by molar-refractivity contribution is 8.06. The zero-order valence-corrected chi connectivity index (χ0v) is 18.7. The Morgan fingerprint density at radius 1 is 1.16 bits per heavy atom. The van der Waals surface area contributed by atoms with Gasteiger partial charge in [0.05, 0.1) is 6.61 Å². The van der Waals surface area contributed by atoms with E-state index >= 15 is 0 Å². The zero-order valence-electron chi connectivity index (χ0n) is 17.0. The lowest BCUT2D eigenvalue weighted by Crippen LogP contribution is -2.60. The molecule has 5 atom stereocenters. The second kappa shape index (κ2) is 12.5. The summed E-state index contributed by atoms with van der Waals surface area (Å²) in [5.74, 6) is 2.77. The number of hydrogen-bond donors (Lipinski definition) is 7. The lowest BCUT2D eigenvalue weighted by molar-refractivity contribution is -0.276. The summed E-state index contributed by atoms with van der Waals surface area (Å²) in [5.41, 5.74) is 0.488. The summed E-state index contributed by atoms with van der Waals surface area (Å²) in [4.78, 5) is 30.2. The number of anilines is 1. The Bertz CT molecular complexity index is 829. The van der Waals surface area contributed by atoms with Crippen molar-refractivity contribution in [3.63, 3.8) is 0 Å². The Morgan fingerprint density at radius 3 is 2.47 bits per heavy atom. The Hall–Kier alpha value is -1.78. The van der Waals surface area contributed by atoms with Crippen LogP contribution in [0, 0.1) is 12.3 Å². The van der Waals surface area contributed by atoms with Gasteiger partial charge in [-0.05, 0) is 48.9 Å². The molecule has 1 aromatic rings. The number of aliphatic hydroxyl groups excluding tert-OH is 3. The van der Waals surface area contributed by atoms with Gasteiger partial charge in [0.25, 0.3) is 0 Å². The molecule has 178 valence electrons. The van der Waals surface area contributed by atoms with Crippen molar-refractivity contribution in [3.8, 4) is 18.1 Å². The van der Waals surface area contributed by atoms with Gasteiger partial charge in [0.1, 0.15) is 30.2 Å². The summed E-state index contributed by atoms with van der Waals surface area (Å²) in [7, 11) is 0. The first-order valence-electron chi connectivity index (χ1n) is 9.75. The molecule has 1 saturated heterocycles. The van der Waals surface area contributed by atoms with Gasteiger partial charge in [-0.3, -0.25) is 0 Å². The van der Waals surface area contributed by atoms with Crippen molar-refractivity contribution in [1.82, 2.24) is 5.32 Å². The first-order chi connectivity index (χ1) is 15.1. The van der Waals surface area contributed by atoms with Crippen molar-refractivity contribution in [3.05, 3.63) is 24.3 Å². The van der Waals surface area contributed by atoms with Crippen LogP contribution >= 0.6 is 6.72 Å². The van der Waals surface area contributed by atoms with E-state index in [0.29, 0.717) is 18.7 Å². The van der Waals surface area contributed by atoms with Crippen molar-refractivity contribution >= 4 is 30.2 Å². The van der Waals surface area contributed by atoms with Crippen LogP contribution in [0.2, 0.25) is 0 Å². The molecule has 0 aliphatic carbocycles. The molecule has 11 nitrogen and oxygen atoms in total. The fraction of sp³-hybridized carbons (Fsp3) is 0.526. The molecule has 0 spiro atoms. The summed E-state index contributed by atoms with van der Waals surface area (Å²) >= 11 is 4.34. The van der Waals surface area contributed by atoms with Crippen LogP contribution < -0.4 is 15.4 Å². The molecule has 13 heteroatoms. The van der Waals surface area contributed by atoms with Crippen molar-refractivity contribution in [2.45, 2.75) is 50.0 Å². The van der Waals surface area contributed by atoms with E-state index in [4.69, 9.17) is 25.7 Å². The van der Waals surface area contributed by atoms with E-state index in [1.165, 1.54) is 12.1 Å². The molecule has 1 fully saturated rings. The van der Waals surface area contributed by atoms with Crippen LogP contribution in [-0.4, -0.2) is 75.0 Å². The van der Waals surface area contributed by atoms with E-state index in [1.807, 2.05) is 0 Å². The summed E-state index contributed by atoms with van der Waals surface area (Å²) in [5, 5.41) is 35.5. The molecule has 1 aliphatic rings. The van der Waals surface area contributed by atoms with E-state index in [0.717, 1.165) is 12.8 Å². The Kier molecular flexibility index (Phi) is 10.3. The molecular formula is C19H27N2O9PS. The number of rotatable bonds is 10. The molecule has 1 aromatic carbocycles. The fourth-order valence-electron chi connectivity index (χ4n) is 2.80. The summed E-state index contributed by atoms with van der Waals surface area (Å²) in [6, 6.07) is 5.74. The second-order valence-electron chi connectivity index (χ2n) is 6.99. The fourth-order valence-corrected chi connectivity index (χ4v) is 3.33. The third-order valence-corrected chi connectivity index (χ3v) is 5.27. The molecule has 0 radical (unpaired) electrons. The SMILES string of the molecule is C#CCCCCNC(=O)Nc1ccc(O[C@H]2O[C@H](COP(O)(O)=S)[C@@H](O)[C@H](O)[C@@H]2O)cc1. The third kappa shape index (κ3) is 8.63. The van der Waals surface area contributed by atoms with E-state index in [-0.39, 0.29) is 11.8 Å². The number of unbranched alkanes of at least 4 members (excludes halogenated alkanes) is 2. The van der Waals surface area contributed by atoms with Crippen LogP contribution in [0.1, 0.15) is 19.3 Å². The van der Waals surface area contributed by atoms with Crippen LogP contribution in [0.25, 0.3) is 0 Å². The predicted octanol–water partition coefficient (Wildman–Crippen LogP) is 0.0237. The molecule has 7 N–H and O–H groups in total. The number of carbonyl (C=O) groups is 1. The number of nitrogens with one attached hydrogen (secondary N) is 2.